The van der Waals surface area contributed by atoms with Crippen LogP contribution >= 0.6 is 11.6 Å². The maximum Gasteiger partial charge on any atom is 0.335 e. The fourth-order valence-electron chi connectivity index (χ4n) is 1.59. The minimum absolute atomic E-state index is 0.201. The maximum absolute atomic E-state index is 10.9. The fourth-order valence-corrected chi connectivity index (χ4v) is 1.76. The Kier molecular flexibility index (Phi) is 2.71. The molecule has 0 aliphatic rings. The molecule has 0 amide bonds. The third-order valence-electron chi connectivity index (χ3n) is 2.35. The Morgan fingerprint density at radius 1 is 1.31 bits per heavy atom. The van der Waals surface area contributed by atoms with Crippen LogP contribution in [0, 0.1) is 0 Å². The number of aromatic carboxylic acids is 1. The normalized spacial score (nSPS) is 10.4. The molecule has 0 radical (unpaired) electrons. The van der Waals surface area contributed by atoms with E-state index in [1.165, 1.54) is 13.2 Å². The molecule has 0 aliphatic heterocycles. The number of halogens is 1. The summed E-state index contributed by atoms with van der Waals surface area (Å²) in [4.78, 5) is 10.9. The summed E-state index contributed by atoms with van der Waals surface area (Å²) in [5.74, 6) is -0.465. The van der Waals surface area contributed by atoms with Gasteiger partial charge in [-0.3, -0.25) is 0 Å². The number of carboxylic acids is 1. The molecule has 0 saturated heterocycles. The fraction of sp³-hybridized carbons (Fsp3) is 0.0833. The minimum Gasteiger partial charge on any atom is -0.496 e. The molecular weight excluding hydrogens is 228 g/mol. The van der Waals surface area contributed by atoms with Crippen LogP contribution in [0.1, 0.15) is 10.4 Å². The van der Waals surface area contributed by atoms with E-state index in [0.717, 1.165) is 10.8 Å². The number of ether oxygens (including phenoxy) is 1. The first-order chi connectivity index (χ1) is 7.61. The third kappa shape index (κ3) is 1.82. The van der Waals surface area contributed by atoms with E-state index in [2.05, 4.69) is 0 Å². The molecule has 0 fully saturated rings. The molecule has 0 bridgehead atoms. The van der Waals surface area contributed by atoms with E-state index in [4.69, 9.17) is 21.4 Å². The summed E-state index contributed by atoms with van der Waals surface area (Å²) in [6, 6.07) is 8.32. The first-order valence-corrected chi connectivity index (χ1v) is 5.00. The number of methoxy groups -OCH3 is 1. The first kappa shape index (κ1) is 10.8. The van der Waals surface area contributed by atoms with Crippen molar-refractivity contribution in [2.75, 3.05) is 7.11 Å². The Hall–Kier alpha value is -1.74. The molecule has 0 aromatic heterocycles. The van der Waals surface area contributed by atoms with Gasteiger partial charge in [-0.05, 0) is 29.7 Å². The summed E-state index contributed by atoms with van der Waals surface area (Å²) in [5, 5.41) is 11.1. The standard InChI is InChI=1S/C12H9ClO3/c1-16-11-5-8(12(14)15)4-7-2-3-9(13)6-10(7)11/h2-6H,1H3,(H,14,15). The van der Waals surface area contributed by atoms with Gasteiger partial charge in [0.15, 0.2) is 0 Å². The number of fused-ring (bicyclic) bond motifs is 1. The molecule has 2 aromatic carbocycles. The van der Waals surface area contributed by atoms with Gasteiger partial charge in [0.25, 0.3) is 0 Å². The molecule has 0 saturated carbocycles. The molecule has 2 rings (SSSR count). The van der Waals surface area contributed by atoms with Crippen LogP contribution in [0.2, 0.25) is 5.02 Å². The van der Waals surface area contributed by atoms with Crippen LogP contribution in [0.5, 0.6) is 5.75 Å². The predicted octanol–water partition coefficient (Wildman–Crippen LogP) is 3.20. The van der Waals surface area contributed by atoms with Crippen LogP contribution in [0.4, 0.5) is 0 Å². The number of hydrogen-bond acceptors (Lipinski definition) is 2. The van der Waals surface area contributed by atoms with Crippen molar-refractivity contribution in [2.24, 2.45) is 0 Å². The largest absolute Gasteiger partial charge is 0.496 e. The molecule has 1 N–H and O–H groups in total. The van der Waals surface area contributed by atoms with Crippen molar-refractivity contribution >= 4 is 28.3 Å². The average molecular weight is 237 g/mol. The minimum atomic E-state index is -0.977. The van der Waals surface area contributed by atoms with Gasteiger partial charge < -0.3 is 9.84 Å². The van der Waals surface area contributed by atoms with Crippen molar-refractivity contribution in [1.82, 2.24) is 0 Å². The van der Waals surface area contributed by atoms with Gasteiger partial charge in [0, 0.05) is 10.4 Å². The van der Waals surface area contributed by atoms with Crippen LogP contribution in [-0.4, -0.2) is 18.2 Å². The van der Waals surface area contributed by atoms with Crippen molar-refractivity contribution in [2.45, 2.75) is 0 Å². The zero-order valence-electron chi connectivity index (χ0n) is 8.53. The van der Waals surface area contributed by atoms with Crippen LogP contribution < -0.4 is 4.74 Å². The predicted molar refractivity (Wildman–Crippen MR) is 62.5 cm³/mol. The van der Waals surface area contributed by atoms with Gasteiger partial charge in [-0.25, -0.2) is 4.79 Å². The van der Waals surface area contributed by atoms with Gasteiger partial charge in [0.05, 0.1) is 12.7 Å². The summed E-state index contributed by atoms with van der Waals surface area (Å²) in [6.07, 6.45) is 0. The lowest BCUT2D eigenvalue weighted by Gasteiger charge is -2.07. The van der Waals surface area contributed by atoms with Gasteiger partial charge in [-0.15, -0.1) is 0 Å². The van der Waals surface area contributed by atoms with E-state index in [0.29, 0.717) is 10.8 Å². The number of rotatable bonds is 2. The third-order valence-corrected chi connectivity index (χ3v) is 2.58. The molecule has 4 heteroatoms. The van der Waals surface area contributed by atoms with Crippen molar-refractivity contribution in [3.05, 3.63) is 40.9 Å². The van der Waals surface area contributed by atoms with Gasteiger partial charge in [0.1, 0.15) is 5.75 Å². The Labute approximate surface area is 97.2 Å². The maximum atomic E-state index is 10.9. The molecule has 0 unspecified atom stereocenters. The summed E-state index contributed by atoms with van der Waals surface area (Å²) in [6.45, 7) is 0. The quantitative estimate of drug-likeness (QED) is 0.871. The topological polar surface area (TPSA) is 46.5 Å². The second kappa shape index (κ2) is 4.02. The molecule has 3 nitrogen and oxygen atoms in total. The zero-order valence-corrected chi connectivity index (χ0v) is 9.28. The van der Waals surface area contributed by atoms with Crippen LogP contribution in [-0.2, 0) is 0 Å². The Balaban J connectivity index is 2.78. The van der Waals surface area contributed by atoms with E-state index < -0.39 is 5.97 Å². The average Bonchev–Trinajstić information content (AvgIpc) is 2.27. The highest BCUT2D eigenvalue weighted by atomic mass is 35.5. The highest BCUT2D eigenvalue weighted by molar-refractivity contribution is 6.31. The molecule has 0 atom stereocenters. The Bertz CT molecular complexity index is 563. The van der Waals surface area contributed by atoms with Crippen molar-refractivity contribution in [3.8, 4) is 5.75 Å². The van der Waals surface area contributed by atoms with E-state index in [-0.39, 0.29) is 5.56 Å². The number of benzene rings is 2. The molecule has 0 heterocycles. The molecule has 0 aliphatic carbocycles. The molecule has 2 aromatic rings. The van der Waals surface area contributed by atoms with Gasteiger partial charge in [-0.1, -0.05) is 17.7 Å². The Morgan fingerprint density at radius 2 is 2.06 bits per heavy atom. The van der Waals surface area contributed by atoms with Crippen LogP contribution in [0.15, 0.2) is 30.3 Å². The van der Waals surface area contributed by atoms with E-state index >= 15 is 0 Å². The van der Waals surface area contributed by atoms with Gasteiger partial charge >= 0.3 is 5.97 Å². The number of carbonyl (C=O) groups is 1. The second-order valence-corrected chi connectivity index (χ2v) is 3.79. The first-order valence-electron chi connectivity index (χ1n) is 4.62. The Morgan fingerprint density at radius 3 is 2.69 bits per heavy atom. The van der Waals surface area contributed by atoms with Crippen molar-refractivity contribution < 1.29 is 14.6 Å². The molecule has 0 spiro atoms. The van der Waals surface area contributed by atoms with Gasteiger partial charge in [0.2, 0.25) is 0 Å². The van der Waals surface area contributed by atoms with Crippen LogP contribution in [0.3, 0.4) is 0 Å². The summed E-state index contributed by atoms with van der Waals surface area (Å²) in [7, 11) is 1.50. The van der Waals surface area contributed by atoms with Crippen molar-refractivity contribution in [1.29, 1.82) is 0 Å². The summed E-state index contributed by atoms with van der Waals surface area (Å²) < 4.78 is 5.15. The van der Waals surface area contributed by atoms with E-state index in [1.807, 2.05) is 0 Å². The lowest BCUT2D eigenvalue weighted by Crippen LogP contribution is -1.97. The van der Waals surface area contributed by atoms with E-state index in [1.54, 1.807) is 24.3 Å². The summed E-state index contributed by atoms with van der Waals surface area (Å²) >= 11 is 5.88. The molecule has 82 valence electrons. The highest BCUT2D eigenvalue weighted by Crippen LogP contribution is 2.29. The monoisotopic (exact) mass is 236 g/mol. The van der Waals surface area contributed by atoms with Crippen molar-refractivity contribution in [3.63, 3.8) is 0 Å². The van der Waals surface area contributed by atoms with Gasteiger partial charge in [-0.2, -0.15) is 0 Å². The molecular formula is C12H9ClO3. The second-order valence-electron chi connectivity index (χ2n) is 3.35. The SMILES string of the molecule is COc1cc(C(=O)O)cc2ccc(Cl)cc12. The number of hydrogen-bond donors (Lipinski definition) is 1. The molecule has 16 heavy (non-hydrogen) atoms. The zero-order chi connectivity index (χ0) is 11.7. The van der Waals surface area contributed by atoms with Crippen LogP contribution in [0.25, 0.3) is 10.8 Å². The lowest BCUT2D eigenvalue weighted by molar-refractivity contribution is 0.0696. The highest BCUT2D eigenvalue weighted by Gasteiger charge is 2.09. The van der Waals surface area contributed by atoms with E-state index in [9.17, 15) is 4.79 Å². The lowest BCUT2D eigenvalue weighted by atomic mass is 10.1. The smallest absolute Gasteiger partial charge is 0.335 e. The summed E-state index contributed by atoms with van der Waals surface area (Å²) in [5.41, 5.74) is 0.201. The number of carboxylic acid groups (broad SMARTS) is 1.